The Hall–Kier alpha value is -2.17. The van der Waals surface area contributed by atoms with Crippen molar-refractivity contribution in [2.24, 2.45) is 5.92 Å². The molecule has 0 heterocycles. The van der Waals surface area contributed by atoms with Crippen molar-refractivity contribution in [1.29, 1.82) is 0 Å². The van der Waals surface area contributed by atoms with Crippen LogP contribution in [0.15, 0.2) is 24.3 Å². The molecule has 0 aromatic heterocycles. The average Bonchev–Trinajstić information content (AvgIpc) is 2.35. The molecule has 0 spiro atoms. The van der Waals surface area contributed by atoms with Gasteiger partial charge in [0.15, 0.2) is 0 Å². The number of hydrogen-bond acceptors (Lipinski definition) is 2. The van der Waals surface area contributed by atoms with Gasteiger partial charge in [0.05, 0.1) is 5.56 Å². The summed E-state index contributed by atoms with van der Waals surface area (Å²) >= 11 is 0. The average molecular weight is 277 g/mol. The normalized spacial score (nSPS) is 15.1. The Bertz CT molecular complexity index is 550. The molecular formula is C15H16FNO3. The molecule has 0 unspecified atom stereocenters. The van der Waals surface area contributed by atoms with E-state index in [2.05, 4.69) is 5.32 Å². The fraction of sp³-hybridized carbons (Fsp3) is 0.333. The maximum absolute atomic E-state index is 13.6. The zero-order valence-electron chi connectivity index (χ0n) is 10.9. The highest BCUT2D eigenvalue weighted by atomic mass is 19.1. The van der Waals surface area contributed by atoms with Crippen molar-refractivity contribution >= 4 is 18.0 Å². The summed E-state index contributed by atoms with van der Waals surface area (Å²) in [4.78, 5) is 22.3. The second kappa shape index (κ2) is 6.32. The van der Waals surface area contributed by atoms with Crippen LogP contribution in [0.5, 0.6) is 0 Å². The van der Waals surface area contributed by atoms with E-state index in [0.717, 1.165) is 18.9 Å². The molecule has 20 heavy (non-hydrogen) atoms. The molecule has 106 valence electrons. The van der Waals surface area contributed by atoms with Crippen LogP contribution >= 0.6 is 0 Å². The summed E-state index contributed by atoms with van der Waals surface area (Å²) in [7, 11) is 0. The topological polar surface area (TPSA) is 66.4 Å². The Morgan fingerprint density at radius 2 is 2.15 bits per heavy atom. The third-order valence-electron chi connectivity index (χ3n) is 3.43. The number of aliphatic carboxylic acids is 1. The molecule has 1 fully saturated rings. The largest absolute Gasteiger partial charge is 0.478 e. The summed E-state index contributed by atoms with van der Waals surface area (Å²) in [5.41, 5.74) is 0.416. The van der Waals surface area contributed by atoms with Crippen LogP contribution in [0.1, 0.15) is 35.2 Å². The van der Waals surface area contributed by atoms with E-state index in [0.29, 0.717) is 18.0 Å². The number of carboxylic acid groups (broad SMARTS) is 1. The maximum Gasteiger partial charge on any atom is 0.328 e. The standard InChI is InChI=1S/C15H16FNO3/c16-13-6-4-10(5-7-14(18)19)8-12(13)15(20)17-9-11-2-1-3-11/h4-8,11H,1-3,9H2,(H,17,20)(H,18,19). The lowest BCUT2D eigenvalue weighted by Crippen LogP contribution is -2.32. The second-order valence-corrected chi connectivity index (χ2v) is 4.92. The lowest BCUT2D eigenvalue weighted by molar-refractivity contribution is -0.131. The molecule has 1 saturated carbocycles. The third-order valence-corrected chi connectivity index (χ3v) is 3.43. The highest BCUT2D eigenvalue weighted by molar-refractivity contribution is 5.95. The Labute approximate surface area is 116 Å². The lowest BCUT2D eigenvalue weighted by Gasteiger charge is -2.25. The Morgan fingerprint density at radius 1 is 1.40 bits per heavy atom. The monoisotopic (exact) mass is 277 g/mol. The van der Waals surface area contributed by atoms with Gasteiger partial charge in [0.25, 0.3) is 5.91 Å². The van der Waals surface area contributed by atoms with E-state index in [1.54, 1.807) is 0 Å². The smallest absolute Gasteiger partial charge is 0.328 e. The van der Waals surface area contributed by atoms with Crippen molar-refractivity contribution in [1.82, 2.24) is 5.32 Å². The molecule has 0 bridgehead atoms. The molecule has 1 aromatic rings. The van der Waals surface area contributed by atoms with Crippen molar-refractivity contribution in [2.45, 2.75) is 19.3 Å². The highest BCUT2D eigenvalue weighted by Crippen LogP contribution is 2.25. The minimum atomic E-state index is -1.09. The molecule has 5 heteroatoms. The molecule has 1 aromatic carbocycles. The number of carboxylic acids is 1. The van der Waals surface area contributed by atoms with E-state index < -0.39 is 17.7 Å². The number of rotatable bonds is 5. The lowest BCUT2D eigenvalue weighted by atomic mass is 9.85. The van der Waals surface area contributed by atoms with E-state index in [1.807, 2.05) is 0 Å². The van der Waals surface area contributed by atoms with Crippen LogP contribution in [0, 0.1) is 11.7 Å². The summed E-state index contributed by atoms with van der Waals surface area (Å²) in [5.74, 6) is -1.66. The molecule has 0 atom stereocenters. The molecule has 4 nitrogen and oxygen atoms in total. The summed E-state index contributed by atoms with van der Waals surface area (Å²) in [5, 5.41) is 11.3. The van der Waals surface area contributed by atoms with Crippen LogP contribution in [-0.4, -0.2) is 23.5 Å². The van der Waals surface area contributed by atoms with E-state index in [-0.39, 0.29) is 5.56 Å². The van der Waals surface area contributed by atoms with Gasteiger partial charge in [0, 0.05) is 12.6 Å². The second-order valence-electron chi connectivity index (χ2n) is 4.92. The van der Waals surface area contributed by atoms with Crippen molar-refractivity contribution in [3.8, 4) is 0 Å². The minimum absolute atomic E-state index is 0.0585. The van der Waals surface area contributed by atoms with E-state index in [1.165, 1.54) is 30.7 Å². The Kier molecular flexibility index (Phi) is 4.50. The molecule has 1 amide bonds. The molecular weight excluding hydrogens is 261 g/mol. The third kappa shape index (κ3) is 3.66. The number of halogens is 1. The van der Waals surface area contributed by atoms with E-state index in [4.69, 9.17) is 5.11 Å². The molecule has 2 N–H and O–H groups in total. The summed E-state index contributed by atoms with van der Waals surface area (Å²) in [6, 6.07) is 3.95. The van der Waals surface area contributed by atoms with Gasteiger partial charge in [0.2, 0.25) is 0 Å². The van der Waals surface area contributed by atoms with Crippen molar-refractivity contribution in [3.05, 3.63) is 41.2 Å². The quantitative estimate of drug-likeness (QED) is 0.812. The summed E-state index contributed by atoms with van der Waals surface area (Å²) in [6.07, 6.45) is 5.66. The number of carbonyl (C=O) groups excluding carboxylic acids is 1. The first-order chi connectivity index (χ1) is 9.56. The van der Waals surface area contributed by atoms with E-state index in [9.17, 15) is 14.0 Å². The van der Waals surface area contributed by atoms with Gasteiger partial charge in [-0.2, -0.15) is 0 Å². The van der Waals surface area contributed by atoms with Gasteiger partial charge in [0.1, 0.15) is 5.82 Å². The number of benzene rings is 1. The molecule has 0 aliphatic heterocycles. The van der Waals surface area contributed by atoms with Crippen LogP contribution < -0.4 is 5.32 Å². The fourth-order valence-corrected chi connectivity index (χ4v) is 2.02. The molecule has 2 rings (SSSR count). The van der Waals surface area contributed by atoms with Gasteiger partial charge in [-0.05, 0) is 42.5 Å². The van der Waals surface area contributed by atoms with Crippen LogP contribution in [0.3, 0.4) is 0 Å². The first kappa shape index (κ1) is 14.2. The Balaban J connectivity index is 2.06. The van der Waals surface area contributed by atoms with Crippen LogP contribution in [0.4, 0.5) is 4.39 Å². The van der Waals surface area contributed by atoms with Gasteiger partial charge in [-0.25, -0.2) is 9.18 Å². The zero-order chi connectivity index (χ0) is 14.5. The SMILES string of the molecule is O=C(O)C=Cc1ccc(F)c(C(=O)NCC2CCC2)c1. The van der Waals surface area contributed by atoms with Crippen LogP contribution in [0.2, 0.25) is 0 Å². The summed E-state index contributed by atoms with van der Waals surface area (Å²) < 4.78 is 13.6. The number of nitrogens with one attached hydrogen (secondary N) is 1. The van der Waals surface area contributed by atoms with Gasteiger partial charge in [-0.15, -0.1) is 0 Å². The number of hydrogen-bond donors (Lipinski definition) is 2. The highest BCUT2D eigenvalue weighted by Gasteiger charge is 2.19. The van der Waals surface area contributed by atoms with Gasteiger partial charge in [-0.3, -0.25) is 4.79 Å². The zero-order valence-corrected chi connectivity index (χ0v) is 10.9. The predicted molar refractivity (Wildman–Crippen MR) is 72.7 cm³/mol. The van der Waals surface area contributed by atoms with E-state index >= 15 is 0 Å². The first-order valence-corrected chi connectivity index (χ1v) is 6.55. The van der Waals surface area contributed by atoms with Crippen molar-refractivity contribution < 1.29 is 19.1 Å². The van der Waals surface area contributed by atoms with Gasteiger partial charge in [-0.1, -0.05) is 12.5 Å². The van der Waals surface area contributed by atoms with Gasteiger partial charge >= 0.3 is 5.97 Å². The van der Waals surface area contributed by atoms with Crippen LogP contribution in [0.25, 0.3) is 6.08 Å². The fourth-order valence-electron chi connectivity index (χ4n) is 2.02. The summed E-state index contributed by atoms with van der Waals surface area (Å²) in [6.45, 7) is 0.563. The minimum Gasteiger partial charge on any atom is -0.478 e. The molecule has 0 saturated heterocycles. The number of amides is 1. The first-order valence-electron chi connectivity index (χ1n) is 6.55. The molecule has 1 aliphatic rings. The molecule has 1 aliphatic carbocycles. The van der Waals surface area contributed by atoms with Crippen LogP contribution in [-0.2, 0) is 4.79 Å². The van der Waals surface area contributed by atoms with Gasteiger partial charge < -0.3 is 10.4 Å². The Morgan fingerprint density at radius 3 is 2.75 bits per heavy atom. The van der Waals surface area contributed by atoms with Crippen molar-refractivity contribution in [2.75, 3.05) is 6.54 Å². The predicted octanol–water partition coefficient (Wildman–Crippen LogP) is 2.45. The maximum atomic E-state index is 13.6. The van der Waals surface area contributed by atoms with Crippen molar-refractivity contribution in [3.63, 3.8) is 0 Å². The molecule has 0 radical (unpaired) electrons. The number of carbonyl (C=O) groups is 2.